The molecule has 0 aromatic rings. The normalized spacial score (nSPS) is 4.25. The van der Waals surface area contributed by atoms with Crippen LogP contribution < -0.4 is 0 Å². The van der Waals surface area contributed by atoms with Gasteiger partial charge in [0.1, 0.15) is 0 Å². The number of aliphatic hydroxyl groups excluding tert-OH is 1. The topological polar surface area (TPSA) is 51.7 Å². The van der Waals surface area contributed by atoms with E-state index in [1.54, 1.807) is 0 Å². The highest BCUT2D eigenvalue weighted by molar-refractivity contribution is 6.07. The molecule has 24 valence electrons. The first-order valence-corrected chi connectivity index (χ1v) is 1.54. The molecule has 0 amide bonds. The molecule has 2 radical (unpaired) electrons. The fourth-order valence-electron chi connectivity index (χ4n) is 0. The number of hydrogen-bond donors (Lipinski definition) is 1. The lowest BCUT2D eigenvalue weighted by Crippen LogP contribution is -1.69. The van der Waals surface area contributed by atoms with Gasteiger partial charge in [-0.3, -0.25) is 0 Å². The van der Waals surface area contributed by atoms with Crippen LogP contribution in [0.4, 0.5) is 0 Å². The first-order chi connectivity index (χ1) is 1.41. The Hall–Kier alpha value is 0.452. The molecular formula is CH5AlO2. The fraction of sp³-hybridized carbons (Fsp3) is 1.00. The molecule has 0 rings (SSSR count). The number of rotatable bonds is 0. The Morgan fingerprint density at radius 2 is 1.75 bits per heavy atom. The highest BCUT2D eigenvalue weighted by Gasteiger charge is 1.36. The van der Waals surface area contributed by atoms with E-state index in [9.17, 15) is 0 Å². The SMILES string of the molecule is O.O[CH2][Al]. The maximum Gasteiger partial charge on any atom is 0.164 e. The van der Waals surface area contributed by atoms with Crippen LogP contribution in [0.25, 0.3) is 0 Å². The summed E-state index contributed by atoms with van der Waals surface area (Å²) in [7, 11) is 0. The Morgan fingerprint density at radius 3 is 1.75 bits per heavy atom. The molecule has 0 fully saturated rings. The van der Waals surface area contributed by atoms with Crippen molar-refractivity contribution in [1.82, 2.24) is 0 Å². The smallest absolute Gasteiger partial charge is 0.164 e. The first-order valence-electron chi connectivity index (χ1n) is 0.724. The minimum absolute atomic E-state index is 0. The zero-order valence-corrected chi connectivity index (χ0v) is 3.39. The Morgan fingerprint density at radius 1 is 1.75 bits per heavy atom. The summed E-state index contributed by atoms with van der Waals surface area (Å²) >= 11 is 2.13. The molecule has 4 heavy (non-hydrogen) atoms. The average molecular weight is 76.0 g/mol. The molecule has 0 aliphatic rings. The van der Waals surface area contributed by atoms with Gasteiger partial charge in [0, 0.05) is 0 Å². The maximum atomic E-state index is 7.53. The molecule has 0 heterocycles. The minimum atomic E-state index is 0. The third-order valence-corrected chi connectivity index (χ3v) is 0. The van der Waals surface area contributed by atoms with E-state index in [0.29, 0.717) is 0 Å². The van der Waals surface area contributed by atoms with Gasteiger partial charge in [-0.25, -0.2) is 0 Å². The molecule has 0 aromatic heterocycles. The summed E-state index contributed by atoms with van der Waals surface area (Å²) < 4.78 is 0. The van der Waals surface area contributed by atoms with Crippen molar-refractivity contribution in [1.29, 1.82) is 0 Å². The van der Waals surface area contributed by atoms with Gasteiger partial charge in [0.2, 0.25) is 0 Å². The third-order valence-electron chi connectivity index (χ3n) is 0. The standard InChI is InChI=1S/CH3O.Al.H2O/c1-2;;/h2H,1H2;;1H2. The van der Waals surface area contributed by atoms with Gasteiger partial charge >= 0.3 is 0 Å². The lowest BCUT2D eigenvalue weighted by atomic mass is 11.7. The highest BCUT2D eigenvalue weighted by atomic mass is 27.0. The largest absolute Gasteiger partial charge is 0.414 e. The van der Waals surface area contributed by atoms with Crippen molar-refractivity contribution >= 4 is 16.3 Å². The molecule has 0 atom stereocenters. The van der Waals surface area contributed by atoms with E-state index in [2.05, 4.69) is 16.3 Å². The van der Waals surface area contributed by atoms with Crippen molar-refractivity contribution in [2.45, 2.75) is 0 Å². The van der Waals surface area contributed by atoms with E-state index in [4.69, 9.17) is 5.11 Å². The van der Waals surface area contributed by atoms with Gasteiger partial charge in [-0.2, -0.15) is 0 Å². The second-order valence-corrected chi connectivity index (χ2v) is 0.548. The average Bonchev–Trinajstić information content (AvgIpc) is 0.918. The van der Waals surface area contributed by atoms with Crippen LogP contribution in [0.1, 0.15) is 0 Å². The van der Waals surface area contributed by atoms with Gasteiger partial charge in [-0.05, 0) is 5.47 Å². The Bertz CT molecular complexity index is 6.00. The molecule has 3 N–H and O–H groups in total. The van der Waals surface area contributed by atoms with Crippen molar-refractivity contribution in [3.63, 3.8) is 0 Å². The zero-order chi connectivity index (χ0) is 2.71. The maximum absolute atomic E-state index is 7.53. The van der Waals surface area contributed by atoms with E-state index >= 15 is 0 Å². The molecule has 0 aliphatic carbocycles. The highest BCUT2D eigenvalue weighted by Crippen LogP contribution is 1.15. The fourth-order valence-corrected chi connectivity index (χ4v) is 0. The van der Waals surface area contributed by atoms with Crippen molar-refractivity contribution in [3.05, 3.63) is 0 Å². The lowest BCUT2D eigenvalue weighted by Gasteiger charge is -1.52. The van der Waals surface area contributed by atoms with E-state index in [1.165, 1.54) is 0 Å². The second-order valence-electron chi connectivity index (χ2n) is 0.183. The molecule has 0 bridgehead atoms. The summed E-state index contributed by atoms with van der Waals surface area (Å²) in [4.78, 5) is 0. The molecule has 0 saturated carbocycles. The van der Waals surface area contributed by atoms with Crippen molar-refractivity contribution in [2.75, 3.05) is 5.47 Å². The van der Waals surface area contributed by atoms with Crippen molar-refractivity contribution < 1.29 is 10.6 Å². The Labute approximate surface area is 33.2 Å². The number of hydrogen-bond acceptors (Lipinski definition) is 1. The lowest BCUT2D eigenvalue weighted by molar-refractivity contribution is 0.369. The molecule has 0 aromatic carbocycles. The van der Waals surface area contributed by atoms with E-state index < -0.39 is 0 Å². The summed E-state index contributed by atoms with van der Waals surface area (Å²) in [5, 5.41) is 7.53. The van der Waals surface area contributed by atoms with Crippen molar-refractivity contribution in [2.24, 2.45) is 0 Å². The molecular weight excluding hydrogens is 71.0 g/mol. The molecule has 0 unspecified atom stereocenters. The van der Waals surface area contributed by atoms with Gasteiger partial charge < -0.3 is 10.6 Å². The first kappa shape index (κ1) is 8.82. The van der Waals surface area contributed by atoms with E-state index in [1.807, 2.05) is 0 Å². The summed E-state index contributed by atoms with van der Waals surface area (Å²) in [6.45, 7) is 0. The van der Waals surface area contributed by atoms with Crippen LogP contribution in [0.5, 0.6) is 0 Å². The van der Waals surface area contributed by atoms with Gasteiger partial charge in [0.15, 0.2) is 16.3 Å². The summed E-state index contributed by atoms with van der Waals surface area (Å²) in [6, 6.07) is 0. The van der Waals surface area contributed by atoms with E-state index in [-0.39, 0.29) is 10.9 Å². The van der Waals surface area contributed by atoms with Crippen LogP contribution in [-0.2, 0) is 0 Å². The molecule has 0 saturated heterocycles. The summed E-state index contributed by atoms with van der Waals surface area (Å²) in [6.07, 6.45) is 0. The van der Waals surface area contributed by atoms with Crippen LogP contribution in [-0.4, -0.2) is 32.3 Å². The third kappa shape index (κ3) is 25.3. The van der Waals surface area contributed by atoms with Crippen LogP contribution in [0.15, 0.2) is 0 Å². The zero-order valence-electron chi connectivity index (χ0n) is 2.23. The number of aliphatic hydroxyl groups is 1. The molecule has 2 nitrogen and oxygen atoms in total. The molecule has 0 spiro atoms. The van der Waals surface area contributed by atoms with Gasteiger partial charge in [-0.15, -0.1) is 0 Å². The summed E-state index contributed by atoms with van der Waals surface area (Å²) in [5.41, 5.74) is 0.167. The van der Waals surface area contributed by atoms with Crippen LogP contribution in [0, 0.1) is 0 Å². The molecule has 3 heteroatoms. The second kappa shape index (κ2) is 9.84. The summed E-state index contributed by atoms with van der Waals surface area (Å²) in [5.74, 6) is 0. The van der Waals surface area contributed by atoms with Crippen LogP contribution in [0.2, 0.25) is 0 Å². The van der Waals surface area contributed by atoms with Gasteiger partial charge in [-0.1, -0.05) is 0 Å². The predicted octanol–water partition coefficient (Wildman–Crippen LogP) is -1.72. The van der Waals surface area contributed by atoms with E-state index in [0.717, 1.165) is 0 Å². The van der Waals surface area contributed by atoms with Crippen molar-refractivity contribution in [3.8, 4) is 0 Å². The monoisotopic (exact) mass is 76.0 g/mol. The van der Waals surface area contributed by atoms with Gasteiger partial charge in [0.05, 0.1) is 0 Å². The van der Waals surface area contributed by atoms with Crippen LogP contribution >= 0.6 is 0 Å². The Kier molecular flexibility index (Phi) is 21.7. The quantitative estimate of drug-likeness (QED) is 0.343. The Balaban J connectivity index is 0. The predicted molar refractivity (Wildman–Crippen MR) is 16.5 cm³/mol. The van der Waals surface area contributed by atoms with Gasteiger partial charge in [0.25, 0.3) is 0 Å². The minimum Gasteiger partial charge on any atom is -0.414 e. The molecule has 0 aliphatic heterocycles. The van der Waals surface area contributed by atoms with Crippen LogP contribution in [0.3, 0.4) is 0 Å².